The lowest BCUT2D eigenvalue weighted by atomic mass is 10.2. The van der Waals surface area contributed by atoms with Gasteiger partial charge in [0.25, 0.3) is 9.24 Å². The van der Waals surface area contributed by atoms with E-state index in [9.17, 15) is 8.42 Å². The van der Waals surface area contributed by atoms with Crippen molar-refractivity contribution in [1.29, 1.82) is 0 Å². The minimum atomic E-state index is -3.60. The maximum absolute atomic E-state index is 11.0. The Bertz CT molecular complexity index is 309. The van der Waals surface area contributed by atoms with Crippen LogP contribution in [0.1, 0.15) is 6.42 Å². The maximum Gasteiger partial charge on any atom is 0.299 e. The molecule has 0 bridgehead atoms. The lowest BCUT2D eigenvalue weighted by molar-refractivity contribution is 0.111. The molecule has 0 aromatic rings. The van der Waals surface area contributed by atoms with Crippen LogP contribution >= 0.6 is 10.7 Å². The van der Waals surface area contributed by atoms with Crippen LogP contribution in [-0.2, 0) is 14.0 Å². The van der Waals surface area contributed by atoms with E-state index < -0.39 is 9.24 Å². The molecule has 0 radical (unpaired) electrons. The zero-order valence-corrected chi connectivity index (χ0v) is 10.8. The first kappa shape index (κ1) is 13.2. The number of rotatable bonds is 4. The molecule has 15 heavy (non-hydrogen) atoms. The molecule has 2 atom stereocenters. The molecule has 1 fully saturated rings. The number of hydrogen-bond acceptors (Lipinski definition) is 4. The number of hydrogen-bond donors (Lipinski definition) is 0. The topological polar surface area (TPSA) is 49.9 Å². The summed E-state index contributed by atoms with van der Waals surface area (Å²) >= 11 is 0. The number of halogens is 1. The Morgan fingerprint density at radius 2 is 2.20 bits per heavy atom. The first-order valence-corrected chi connectivity index (χ1v) is 7.00. The summed E-state index contributed by atoms with van der Waals surface area (Å²) in [4.78, 5) is 2.09. The number of ether oxygens (including phenoxy) is 1. The SMILES string of the molecule is CO[C@H]1C[C@@H](CN(C)S(=O)(=O)Cl)N(C)C1. The molecule has 7 heteroatoms. The predicted molar refractivity (Wildman–Crippen MR) is 59.2 cm³/mol. The van der Waals surface area contributed by atoms with Crippen LogP contribution in [0.25, 0.3) is 0 Å². The van der Waals surface area contributed by atoms with Gasteiger partial charge >= 0.3 is 0 Å². The average molecular weight is 257 g/mol. The fourth-order valence-electron chi connectivity index (χ4n) is 1.80. The van der Waals surface area contributed by atoms with Crippen LogP contribution in [0.4, 0.5) is 0 Å². The lowest BCUT2D eigenvalue weighted by Gasteiger charge is -2.22. The van der Waals surface area contributed by atoms with E-state index in [0.29, 0.717) is 6.54 Å². The van der Waals surface area contributed by atoms with Gasteiger partial charge in [-0.05, 0) is 13.5 Å². The van der Waals surface area contributed by atoms with Crippen molar-refractivity contribution in [3.63, 3.8) is 0 Å². The molecule has 90 valence electrons. The monoisotopic (exact) mass is 256 g/mol. The van der Waals surface area contributed by atoms with Gasteiger partial charge in [0.1, 0.15) is 0 Å². The van der Waals surface area contributed by atoms with Gasteiger partial charge in [-0.15, -0.1) is 0 Å². The van der Waals surface area contributed by atoms with Crippen LogP contribution in [-0.4, -0.2) is 64.1 Å². The van der Waals surface area contributed by atoms with Crippen molar-refractivity contribution in [2.45, 2.75) is 18.6 Å². The third-order valence-electron chi connectivity index (χ3n) is 2.82. The molecule has 1 rings (SSSR count). The van der Waals surface area contributed by atoms with Crippen LogP contribution in [0, 0.1) is 0 Å². The highest BCUT2D eigenvalue weighted by Crippen LogP contribution is 2.19. The van der Waals surface area contributed by atoms with E-state index in [1.54, 1.807) is 7.11 Å². The molecule has 1 saturated heterocycles. The first-order chi connectivity index (χ1) is 6.84. The zero-order chi connectivity index (χ0) is 11.6. The fraction of sp³-hybridized carbons (Fsp3) is 1.00. The minimum absolute atomic E-state index is 0.175. The third-order valence-corrected chi connectivity index (χ3v) is 4.42. The van der Waals surface area contributed by atoms with Crippen molar-refractivity contribution in [2.24, 2.45) is 0 Å². The molecule has 0 saturated carbocycles. The number of nitrogens with zero attached hydrogens (tertiary/aromatic N) is 2. The number of likely N-dealkylation sites (N-methyl/N-ethyl adjacent to an activating group) is 2. The highest BCUT2D eigenvalue weighted by atomic mass is 35.7. The summed E-state index contributed by atoms with van der Waals surface area (Å²) in [5, 5.41) is 0. The molecule has 5 nitrogen and oxygen atoms in total. The maximum atomic E-state index is 11.0. The normalized spacial score (nSPS) is 28.9. The highest BCUT2D eigenvalue weighted by molar-refractivity contribution is 8.11. The second-order valence-corrected chi connectivity index (χ2v) is 6.53. The van der Waals surface area contributed by atoms with Crippen molar-refractivity contribution in [2.75, 3.05) is 34.3 Å². The van der Waals surface area contributed by atoms with Crippen LogP contribution < -0.4 is 0 Å². The Labute approximate surface area is 95.5 Å². The van der Waals surface area contributed by atoms with E-state index >= 15 is 0 Å². The van der Waals surface area contributed by atoms with Crippen LogP contribution in [0.2, 0.25) is 0 Å². The second kappa shape index (κ2) is 4.97. The molecule has 0 aromatic carbocycles. The molecule has 0 aromatic heterocycles. The van der Waals surface area contributed by atoms with Crippen LogP contribution in [0.15, 0.2) is 0 Å². The lowest BCUT2D eigenvalue weighted by Crippen LogP contribution is -2.37. The minimum Gasteiger partial charge on any atom is -0.380 e. The van der Waals surface area contributed by atoms with Crippen LogP contribution in [0.5, 0.6) is 0 Å². The summed E-state index contributed by atoms with van der Waals surface area (Å²) in [6.45, 7) is 1.24. The van der Waals surface area contributed by atoms with Gasteiger partial charge in [-0.1, -0.05) is 0 Å². The third kappa shape index (κ3) is 3.57. The standard InChI is InChI=1S/C8H17ClN2O3S/c1-10-6-8(14-3)4-7(10)5-11(2)15(9,12)13/h7-8H,4-6H2,1-3H3/t7-,8-/m0/s1. The Hall–Kier alpha value is 0.120. The molecule has 1 aliphatic heterocycles. The summed E-state index contributed by atoms with van der Waals surface area (Å²) in [5.74, 6) is 0. The van der Waals surface area contributed by atoms with Gasteiger partial charge in [-0.2, -0.15) is 12.7 Å². The van der Waals surface area contributed by atoms with Crippen LogP contribution in [0.3, 0.4) is 0 Å². The Balaban J connectivity index is 2.53. The van der Waals surface area contributed by atoms with Crippen molar-refractivity contribution in [3.05, 3.63) is 0 Å². The highest BCUT2D eigenvalue weighted by Gasteiger charge is 2.31. The second-order valence-electron chi connectivity index (χ2n) is 3.91. The Kier molecular flexibility index (Phi) is 4.37. The van der Waals surface area contributed by atoms with E-state index in [4.69, 9.17) is 15.4 Å². The quantitative estimate of drug-likeness (QED) is 0.671. The molecule has 0 aliphatic carbocycles. The summed E-state index contributed by atoms with van der Waals surface area (Å²) in [5.41, 5.74) is 0. The Morgan fingerprint density at radius 1 is 1.60 bits per heavy atom. The predicted octanol–water partition coefficient (Wildman–Crippen LogP) is 0.121. The smallest absolute Gasteiger partial charge is 0.299 e. The summed E-state index contributed by atoms with van der Waals surface area (Å²) in [6, 6.07) is 0.175. The van der Waals surface area contributed by atoms with Gasteiger partial charge in [-0.3, -0.25) is 4.90 Å². The van der Waals surface area contributed by atoms with Gasteiger partial charge in [0.05, 0.1) is 6.10 Å². The summed E-state index contributed by atoms with van der Waals surface area (Å²) in [6.07, 6.45) is 1.02. The largest absolute Gasteiger partial charge is 0.380 e. The molecule has 0 spiro atoms. The van der Waals surface area contributed by atoms with Crippen molar-refractivity contribution >= 4 is 19.9 Å². The number of methoxy groups -OCH3 is 1. The average Bonchev–Trinajstić information content (AvgIpc) is 2.45. The van der Waals surface area contributed by atoms with E-state index in [1.807, 2.05) is 7.05 Å². The zero-order valence-electron chi connectivity index (χ0n) is 9.18. The van der Waals surface area contributed by atoms with E-state index in [0.717, 1.165) is 17.3 Å². The number of likely N-dealkylation sites (tertiary alicyclic amines) is 1. The van der Waals surface area contributed by atoms with Gasteiger partial charge in [-0.25, -0.2) is 0 Å². The summed E-state index contributed by atoms with van der Waals surface area (Å²) < 4.78 is 28.4. The molecule has 0 unspecified atom stereocenters. The molecule has 0 amide bonds. The van der Waals surface area contributed by atoms with E-state index in [1.165, 1.54) is 7.05 Å². The van der Waals surface area contributed by atoms with Crippen molar-refractivity contribution < 1.29 is 13.2 Å². The van der Waals surface area contributed by atoms with Crippen molar-refractivity contribution in [3.8, 4) is 0 Å². The Morgan fingerprint density at radius 3 is 2.60 bits per heavy atom. The van der Waals surface area contributed by atoms with Gasteiger partial charge < -0.3 is 4.74 Å². The molecular formula is C8H17ClN2O3S. The first-order valence-electron chi connectivity index (χ1n) is 4.73. The van der Waals surface area contributed by atoms with Gasteiger partial charge in [0, 0.05) is 44.0 Å². The van der Waals surface area contributed by atoms with E-state index in [-0.39, 0.29) is 12.1 Å². The molecule has 1 aliphatic rings. The fourth-order valence-corrected chi connectivity index (χ4v) is 2.32. The summed E-state index contributed by atoms with van der Waals surface area (Å²) in [7, 11) is 6.74. The van der Waals surface area contributed by atoms with E-state index in [2.05, 4.69) is 4.90 Å². The van der Waals surface area contributed by atoms with Gasteiger partial charge in [0.2, 0.25) is 0 Å². The van der Waals surface area contributed by atoms with Gasteiger partial charge in [0.15, 0.2) is 0 Å². The molecule has 1 heterocycles. The molecular weight excluding hydrogens is 240 g/mol. The molecule has 0 N–H and O–H groups in total. The van der Waals surface area contributed by atoms with Crippen molar-refractivity contribution in [1.82, 2.24) is 9.21 Å².